The highest BCUT2D eigenvalue weighted by Crippen LogP contribution is 2.07. The Balaban J connectivity index is 1.69. The van der Waals surface area contributed by atoms with Crippen LogP contribution in [0, 0.1) is 0 Å². The fourth-order valence-corrected chi connectivity index (χ4v) is 2.38. The number of amides is 1. The van der Waals surface area contributed by atoms with Gasteiger partial charge >= 0.3 is 0 Å². The van der Waals surface area contributed by atoms with Gasteiger partial charge in [0.1, 0.15) is 5.82 Å². The summed E-state index contributed by atoms with van der Waals surface area (Å²) in [6.07, 6.45) is 2.28. The molecule has 1 aliphatic heterocycles. The van der Waals surface area contributed by atoms with Gasteiger partial charge in [0.05, 0.1) is 12.7 Å². The third kappa shape index (κ3) is 5.95. The Morgan fingerprint density at radius 1 is 1.55 bits per heavy atom. The zero-order valence-corrected chi connectivity index (χ0v) is 13.3. The first-order chi connectivity index (χ1) is 10.6. The van der Waals surface area contributed by atoms with E-state index >= 15 is 0 Å². The van der Waals surface area contributed by atoms with Crippen molar-refractivity contribution in [1.82, 2.24) is 20.4 Å². The van der Waals surface area contributed by atoms with Crippen LogP contribution in [-0.2, 0) is 9.53 Å². The van der Waals surface area contributed by atoms with E-state index in [-0.39, 0.29) is 18.1 Å². The highest BCUT2D eigenvalue weighted by atomic mass is 16.5. The van der Waals surface area contributed by atoms with E-state index in [1.807, 2.05) is 26.0 Å². The minimum Gasteiger partial charge on any atom is -0.374 e. The Morgan fingerprint density at radius 3 is 3.14 bits per heavy atom. The van der Waals surface area contributed by atoms with E-state index in [2.05, 4.69) is 25.7 Å². The number of hydrogen-bond acceptors (Lipinski definition) is 6. The number of nitrogens with one attached hydrogen (secondary N) is 2. The van der Waals surface area contributed by atoms with E-state index in [4.69, 9.17) is 4.74 Å². The second-order valence-electron chi connectivity index (χ2n) is 5.76. The van der Waals surface area contributed by atoms with Gasteiger partial charge in [0.2, 0.25) is 5.91 Å². The lowest BCUT2D eigenvalue weighted by Gasteiger charge is -2.33. The lowest BCUT2D eigenvalue weighted by molar-refractivity contribution is -0.122. The molecule has 2 rings (SSSR count). The maximum atomic E-state index is 11.7. The maximum Gasteiger partial charge on any atom is 0.221 e. The molecular weight excluding hydrogens is 282 g/mol. The van der Waals surface area contributed by atoms with Crippen LogP contribution in [0.1, 0.15) is 20.3 Å². The van der Waals surface area contributed by atoms with Gasteiger partial charge in [-0.3, -0.25) is 9.69 Å². The molecule has 1 amide bonds. The molecule has 0 bridgehead atoms. The third-order valence-electron chi connectivity index (χ3n) is 3.41. The van der Waals surface area contributed by atoms with E-state index in [1.165, 1.54) is 0 Å². The van der Waals surface area contributed by atoms with E-state index in [9.17, 15) is 4.79 Å². The van der Waals surface area contributed by atoms with Crippen LogP contribution in [-0.4, -0.2) is 65.9 Å². The van der Waals surface area contributed by atoms with Crippen LogP contribution in [0.25, 0.3) is 0 Å². The molecule has 1 aromatic heterocycles. The quantitative estimate of drug-likeness (QED) is 0.764. The normalized spacial score (nSPS) is 19.1. The van der Waals surface area contributed by atoms with Crippen molar-refractivity contribution in [2.75, 3.05) is 38.1 Å². The summed E-state index contributed by atoms with van der Waals surface area (Å²) in [4.78, 5) is 14.0. The van der Waals surface area contributed by atoms with E-state index in [1.54, 1.807) is 6.20 Å². The molecule has 7 nitrogen and oxygen atoms in total. The zero-order valence-electron chi connectivity index (χ0n) is 13.3. The highest BCUT2D eigenvalue weighted by Gasteiger charge is 2.20. The lowest BCUT2D eigenvalue weighted by atomic mass is 10.2. The maximum absolute atomic E-state index is 11.7. The molecule has 1 aromatic rings. The number of anilines is 1. The largest absolute Gasteiger partial charge is 0.374 e. The summed E-state index contributed by atoms with van der Waals surface area (Å²) in [6, 6.07) is 3.92. The van der Waals surface area contributed by atoms with Gasteiger partial charge < -0.3 is 15.4 Å². The van der Waals surface area contributed by atoms with Crippen molar-refractivity contribution < 1.29 is 9.53 Å². The summed E-state index contributed by atoms with van der Waals surface area (Å²) >= 11 is 0. The molecule has 122 valence electrons. The minimum absolute atomic E-state index is 0.101. The molecule has 0 aliphatic carbocycles. The van der Waals surface area contributed by atoms with Crippen LogP contribution in [0.15, 0.2) is 18.3 Å². The summed E-state index contributed by atoms with van der Waals surface area (Å²) in [6.45, 7) is 7.79. The summed E-state index contributed by atoms with van der Waals surface area (Å²) < 4.78 is 5.75. The standard InChI is InChI=1S/C15H25N5O2/c1-12(2)18-15(21)5-7-20-8-9-22-13(11-20)10-16-14-4-3-6-17-19-14/h3-4,6,12-13H,5,7-11H2,1-2H3,(H,16,19)(H,18,21)/t13-/m1/s1. The van der Waals surface area contributed by atoms with E-state index < -0.39 is 0 Å². The molecule has 0 saturated carbocycles. The average molecular weight is 307 g/mol. The Labute approximate surface area is 131 Å². The molecule has 0 aromatic carbocycles. The molecule has 0 spiro atoms. The zero-order chi connectivity index (χ0) is 15.8. The van der Waals surface area contributed by atoms with Gasteiger partial charge in [-0.25, -0.2) is 0 Å². The average Bonchev–Trinajstić information content (AvgIpc) is 2.52. The van der Waals surface area contributed by atoms with Crippen LogP contribution in [0.5, 0.6) is 0 Å². The number of morpholine rings is 1. The van der Waals surface area contributed by atoms with Crippen molar-refractivity contribution in [3.05, 3.63) is 18.3 Å². The summed E-state index contributed by atoms with van der Waals surface area (Å²) in [5.41, 5.74) is 0. The number of ether oxygens (including phenoxy) is 1. The summed E-state index contributed by atoms with van der Waals surface area (Å²) in [5, 5.41) is 14.0. The molecule has 1 aliphatic rings. The van der Waals surface area contributed by atoms with E-state index in [0.717, 1.165) is 25.5 Å². The first-order valence-electron chi connectivity index (χ1n) is 7.78. The molecule has 1 saturated heterocycles. The Morgan fingerprint density at radius 2 is 2.41 bits per heavy atom. The SMILES string of the molecule is CC(C)NC(=O)CCN1CCO[C@H](CNc2cccnn2)C1. The van der Waals surface area contributed by atoms with Crippen LogP contribution in [0.2, 0.25) is 0 Å². The fourth-order valence-electron chi connectivity index (χ4n) is 2.38. The first-order valence-corrected chi connectivity index (χ1v) is 7.78. The molecule has 2 heterocycles. The second-order valence-corrected chi connectivity index (χ2v) is 5.76. The Hall–Kier alpha value is -1.73. The van der Waals surface area contributed by atoms with Crippen molar-refractivity contribution in [3.63, 3.8) is 0 Å². The van der Waals surface area contributed by atoms with Crippen LogP contribution in [0.4, 0.5) is 5.82 Å². The van der Waals surface area contributed by atoms with Gasteiger partial charge in [-0.2, -0.15) is 5.10 Å². The van der Waals surface area contributed by atoms with Gasteiger partial charge in [-0.15, -0.1) is 5.10 Å². The monoisotopic (exact) mass is 307 g/mol. The van der Waals surface area contributed by atoms with Crippen molar-refractivity contribution in [2.45, 2.75) is 32.4 Å². The van der Waals surface area contributed by atoms with Gasteiger partial charge in [0.25, 0.3) is 0 Å². The third-order valence-corrected chi connectivity index (χ3v) is 3.41. The van der Waals surface area contributed by atoms with Crippen LogP contribution >= 0.6 is 0 Å². The number of nitrogens with zero attached hydrogens (tertiary/aromatic N) is 3. The van der Waals surface area contributed by atoms with E-state index in [0.29, 0.717) is 19.6 Å². The number of carbonyl (C=O) groups is 1. The van der Waals surface area contributed by atoms with Crippen molar-refractivity contribution in [3.8, 4) is 0 Å². The minimum atomic E-state index is 0.101. The van der Waals surface area contributed by atoms with Crippen molar-refractivity contribution in [2.24, 2.45) is 0 Å². The number of aromatic nitrogens is 2. The predicted molar refractivity (Wildman–Crippen MR) is 84.6 cm³/mol. The highest BCUT2D eigenvalue weighted by molar-refractivity contribution is 5.76. The molecule has 0 radical (unpaired) electrons. The smallest absolute Gasteiger partial charge is 0.221 e. The molecule has 7 heteroatoms. The topological polar surface area (TPSA) is 79.4 Å². The van der Waals surface area contributed by atoms with Crippen molar-refractivity contribution >= 4 is 11.7 Å². The first kappa shape index (κ1) is 16.6. The molecule has 22 heavy (non-hydrogen) atoms. The second kappa shape index (κ2) is 8.65. The number of hydrogen-bond donors (Lipinski definition) is 2. The molecule has 1 fully saturated rings. The lowest BCUT2D eigenvalue weighted by Crippen LogP contribution is -2.46. The van der Waals surface area contributed by atoms with Gasteiger partial charge in [-0.05, 0) is 26.0 Å². The number of carbonyl (C=O) groups excluding carboxylic acids is 1. The van der Waals surface area contributed by atoms with Crippen LogP contribution in [0.3, 0.4) is 0 Å². The molecule has 2 N–H and O–H groups in total. The molecule has 1 atom stereocenters. The van der Waals surface area contributed by atoms with Crippen molar-refractivity contribution in [1.29, 1.82) is 0 Å². The Kier molecular flexibility index (Phi) is 6.54. The van der Waals surface area contributed by atoms with Gasteiger partial charge in [0.15, 0.2) is 0 Å². The fraction of sp³-hybridized carbons (Fsp3) is 0.667. The summed E-state index contributed by atoms with van der Waals surface area (Å²) in [7, 11) is 0. The van der Waals surface area contributed by atoms with Gasteiger partial charge in [0, 0.05) is 44.8 Å². The molecular formula is C15H25N5O2. The Bertz CT molecular complexity index is 455. The predicted octanol–water partition coefficient (Wildman–Crippen LogP) is 0.504. The van der Waals surface area contributed by atoms with Gasteiger partial charge in [-0.1, -0.05) is 0 Å². The van der Waals surface area contributed by atoms with Crippen LogP contribution < -0.4 is 10.6 Å². The number of rotatable bonds is 7. The summed E-state index contributed by atoms with van der Waals surface area (Å²) in [5.74, 6) is 0.857. The molecule has 0 unspecified atom stereocenters.